The van der Waals surface area contributed by atoms with Gasteiger partial charge in [0.25, 0.3) is 5.56 Å². The summed E-state index contributed by atoms with van der Waals surface area (Å²) < 4.78 is 3.86. The lowest BCUT2D eigenvalue weighted by molar-refractivity contribution is 0.705. The highest BCUT2D eigenvalue weighted by Crippen LogP contribution is 2.07. The molecule has 0 aliphatic heterocycles. The Morgan fingerprint density at radius 3 is 2.27 bits per heavy atom. The molecule has 0 spiro atoms. The summed E-state index contributed by atoms with van der Waals surface area (Å²) in [6.07, 6.45) is 0. The largest absolute Gasteiger partial charge is 0.742 e. The third-order valence-corrected chi connectivity index (χ3v) is 2.80. The Morgan fingerprint density at radius 1 is 1.07 bits per heavy atom. The van der Waals surface area contributed by atoms with E-state index < -0.39 is 5.69 Å². The van der Waals surface area contributed by atoms with Gasteiger partial charge in [-0.05, 0) is 5.16 Å². The number of hydrogen-bond acceptors (Lipinski definition) is 4. The van der Waals surface area contributed by atoms with Crippen molar-refractivity contribution < 1.29 is 0 Å². The van der Waals surface area contributed by atoms with Gasteiger partial charge in [-0.2, -0.15) is 0 Å². The van der Waals surface area contributed by atoms with Crippen LogP contribution in [0.2, 0.25) is 0 Å². The Bertz CT molecular complexity index is 664. The molecule has 0 N–H and O–H groups in total. The third kappa shape index (κ3) is 1.13. The van der Waals surface area contributed by atoms with Gasteiger partial charge in [-0.3, -0.25) is 13.9 Å². The molecule has 0 aliphatic carbocycles. The van der Waals surface area contributed by atoms with Crippen LogP contribution in [0.4, 0.5) is 0 Å². The zero-order valence-corrected chi connectivity index (χ0v) is 9.33. The second-order valence-electron chi connectivity index (χ2n) is 3.33. The molecule has 0 fully saturated rings. The maximum atomic E-state index is 11.8. The first-order chi connectivity index (χ1) is 6.95. The summed E-state index contributed by atoms with van der Waals surface area (Å²) >= 11 is 4.95. The molecule has 2 aromatic rings. The molecule has 0 unspecified atom stereocenters. The molecule has 7 heteroatoms. The predicted octanol–water partition coefficient (Wildman–Crippen LogP) is -1.12. The van der Waals surface area contributed by atoms with Gasteiger partial charge in [-0.15, -0.1) is 0 Å². The minimum absolute atomic E-state index is 0.295. The van der Waals surface area contributed by atoms with Gasteiger partial charge in [0.15, 0.2) is 11.2 Å². The van der Waals surface area contributed by atoms with Crippen molar-refractivity contribution in [1.29, 1.82) is 0 Å². The average Bonchev–Trinajstić information content (AvgIpc) is 2.50. The van der Waals surface area contributed by atoms with E-state index in [2.05, 4.69) is 4.98 Å². The molecule has 80 valence electrons. The average molecular weight is 225 g/mol. The van der Waals surface area contributed by atoms with E-state index in [-0.39, 0.29) is 5.56 Å². The molecule has 2 rings (SSSR count). The molecule has 0 saturated heterocycles. The molecule has 0 bridgehead atoms. The van der Waals surface area contributed by atoms with E-state index >= 15 is 0 Å². The van der Waals surface area contributed by atoms with Crippen molar-refractivity contribution >= 4 is 23.8 Å². The van der Waals surface area contributed by atoms with Gasteiger partial charge < -0.3 is 17.2 Å². The number of aromatic nitrogens is 4. The van der Waals surface area contributed by atoms with E-state index in [4.69, 9.17) is 12.6 Å². The number of aryl methyl sites for hydroxylation is 2. The molecule has 2 heterocycles. The molecule has 0 saturated carbocycles. The highest BCUT2D eigenvalue weighted by molar-refractivity contribution is 7.58. The normalized spacial score (nSPS) is 11.1. The first-order valence-corrected chi connectivity index (χ1v) is 4.65. The maximum Gasteiger partial charge on any atom is 0.332 e. The van der Waals surface area contributed by atoms with Crippen LogP contribution in [-0.4, -0.2) is 18.7 Å². The lowest BCUT2D eigenvalue weighted by Gasteiger charge is -2.04. The number of nitrogens with zero attached hydrogens (tertiary/aromatic N) is 4. The number of rotatable bonds is 0. The van der Waals surface area contributed by atoms with Gasteiger partial charge in [0, 0.05) is 21.1 Å². The molecule has 2 aromatic heterocycles. The maximum absolute atomic E-state index is 11.8. The topological polar surface area (TPSA) is 61.8 Å². The minimum atomic E-state index is -0.402. The molecule has 0 aliphatic rings. The Balaban J connectivity index is 3.23. The van der Waals surface area contributed by atoms with Crippen LogP contribution >= 0.6 is 0 Å². The van der Waals surface area contributed by atoms with Gasteiger partial charge in [0.2, 0.25) is 0 Å². The fourth-order valence-electron chi connectivity index (χ4n) is 1.50. The molecule has 0 amide bonds. The molecular formula is C8H9N4O2S-. The molecular weight excluding hydrogens is 216 g/mol. The first kappa shape index (κ1) is 9.91. The summed E-state index contributed by atoms with van der Waals surface area (Å²) in [5.41, 5.74) is -0.0972. The molecule has 15 heavy (non-hydrogen) atoms. The van der Waals surface area contributed by atoms with Gasteiger partial charge in [0.05, 0.1) is 0 Å². The van der Waals surface area contributed by atoms with E-state index in [1.807, 2.05) is 0 Å². The quantitative estimate of drug-likeness (QED) is 0.533. The van der Waals surface area contributed by atoms with E-state index in [0.29, 0.717) is 16.3 Å². The Labute approximate surface area is 90.2 Å². The van der Waals surface area contributed by atoms with E-state index in [1.165, 1.54) is 16.2 Å². The Morgan fingerprint density at radius 2 is 1.67 bits per heavy atom. The Hall–Kier alpha value is -1.63. The standard InChI is InChI=1S/C8H10N4O2S/c1-10-4-5(9-7(10)15)11(2)8(14)12(3)6(4)13/h1-3H3,(H,9,15)/p-1. The second-order valence-corrected chi connectivity index (χ2v) is 3.70. The highest BCUT2D eigenvalue weighted by atomic mass is 32.1. The van der Waals surface area contributed by atoms with Crippen LogP contribution in [0, 0.1) is 0 Å². The second kappa shape index (κ2) is 2.93. The first-order valence-electron chi connectivity index (χ1n) is 4.24. The van der Waals surface area contributed by atoms with Crippen LogP contribution in [0.1, 0.15) is 0 Å². The van der Waals surface area contributed by atoms with E-state index in [9.17, 15) is 9.59 Å². The molecule has 0 atom stereocenters. The SMILES string of the molecule is Cn1c(=O)c2c(nc([S-])n2C)n(C)c1=O. The summed E-state index contributed by atoms with van der Waals surface area (Å²) in [6, 6.07) is 0. The summed E-state index contributed by atoms with van der Waals surface area (Å²) in [6.45, 7) is 0. The zero-order valence-electron chi connectivity index (χ0n) is 8.51. The zero-order chi connectivity index (χ0) is 11.3. The lowest BCUT2D eigenvalue weighted by Crippen LogP contribution is -2.37. The van der Waals surface area contributed by atoms with Crippen molar-refractivity contribution in [3.8, 4) is 0 Å². The molecule has 6 nitrogen and oxygen atoms in total. The fraction of sp³-hybridized carbons (Fsp3) is 0.375. The summed E-state index contributed by atoms with van der Waals surface area (Å²) in [7, 11) is 4.65. The van der Waals surface area contributed by atoms with E-state index in [0.717, 1.165) is 4.57 Å². The van der Waals surface area contributed by atoms with Crippen LogP contribution in [0.5, 0.6) is 0 Å². The molecule has 0 aromatic carbocycles. The number of imidazole rings is 1. The van der Waals surface area contributed by atoms with Crippen molar-refractivity contribution in [2.75, 3.05) is 0 Å². The van der Waals surface area contributed by atoms with Crippen molar-refractivity contribution in [3.05, 3.63) is 20.8 Å². The smallest absolute Gasteiger partial charge is 0.332 e. The summed E-state index contributed by atoms with van der Waals surface area (Å²) in [4.78, 5) is 27.3. The number of fused-ring (bicyclic) bond motifs is 1. The third-order valence-electron chi connectivity index (χ3n) is 2.43. The minimum Gasteiger partial charge on any atom is -0.742 e. The number of hydrogen-bond donors (Lipinski definition) is 0. The van der Waals surface area contributed by atoms with Crippen molar-refractivity contribution in [2.24, 2.45) is 21.1 Å². The van der Waals surface area contributed by atoms with Crippen molar-refractivity contribution in [1.82, 2.24) is 18.7 Å². The molecule has 0 radical (unpaired) electrons. The van der Waals surface area contributed by atoms with Gasteiger partial charge in [-0.1, -0.05) is 0 Å². The highest BCUT2D eigenvalue weighted by Gasteiger charge is 2.12. The fourth-order valence-corrected chi connectivity index (χ4v) is 1.68. The summed E-state index contributed by atoms with van der Waals surface area (Å²) in [5, 5.41) is 0.295. The van der Waals surface area contributed by atoms with Crippen LogP contribution in [0.15, 0.2) is 14.7 Å². The van der Waals surface area contributed by atoms with Crippen LogP contribution < -0.4 is 11.2 Å². The monoisotopic (exact) mass is 225 g/mol. The predicted molar refractivity (Wildman–Crippen MR) is 56.8 cm³/mol. The van der Waals surface area contributed by atoms with Gasteiger partial charge in [-0.25, -0.2) is 9.78 Å². The van der Waals surface area contributed by atoms with E-state index in [1.54, 1.807) is 14.1 Å². The van der Waals surface area contributed by atoms with Crippen molar-refractivity contribution in [3.63, 3.8) is 0 Å². The summed E-state index contributed by atoms with van der Waals surface area (Å²) in [5.74, 6) is 0. The van der Waals surface area contributed by atoms with Crippen LogP contribution in [-0.2, 0) is 33.8 Å². The van der Waals surface area contributed by atoms with Crippen molar-refractivity contribution in [2.45, 2.75) is 5.16 Å². The lowest BCUT2D eigenvalue weighted by atomic mass is 10.5. The van der Waals surface area contributed by atoms with Crippen LogP contribution in [0.3, 0.4) is 0 Å². The van der Waals surface area contributed by atoms with Gasteiger partial charge >= 0.3 is 5.69 Å². The van der Waals surface area contributed by atoms with Gasteiger partial charge in [0.1, 0.15) is 0 Å². The van der Waals surface area contributed by atoms with Crippen LogP contribution in [0.25, 0.3) is 11.2 Å². The Kier molecular flexibility index (Phi) is 1.93.